The molecule has 0 heterocycles. The van der Waals surface area contributed by atoms with E-state index in [1.807, 2.05) is 26.0 Å². The number of hydrogen-bond donors (Lipinski definition) is 0. The quantitative estimate of drug-likeness (QED) is 0.808. The van der Waals surface area contributed by atoms with Gasteiger partial charge in [-0.25, -0.2) is 8.42 Å². The lowest BCUT2D eigenvalue weighted by molar-refractivity contribution is 0.483. The highest BCUT2D eigenvalue weighted by molar-refractivity contribution is 7.92. The first kappa shape index (κ1) is 12.6. The molecule has 0 spiro atoms. The van der Waals surface area contributed by atoms with Crippen LogP contribution in [-0.4, -0.2) is 13.7 Å². The summed E-state index contributed by atoms with van der Waals surface area (Å²) in [6.07, 6.45) is 4.94. The highest BCUT2D eigenvalue weighted by Crippen LogP contribution is 2.30. The first-order valence-electron chi connectivity index (χ1n) is 6.33. The Morgan fingerprint density at radius 2 is 1.71 bits per heavy atom. The number of benzene rings is 1. The SMILES string of the molecule is Cc1cccc(S(=O)(=O)C2CCCCC2)c1C. The van der Waals surface area contributed by atoms with E-state index in [2.05, 4.69) is 0 Å². The topological polar surface area (TPSA) is 34.1 Å². The molecule has 2 rings (SSSR count). The Hall–Kier alpha value is -0.830. The fourth-order valence-electron chi connectivity index (χ4n) is 2.59. The Morgan fingerprint density at radius 1 is 1.06 bits per heavy atom. The van der Waals surface area contributed by atoms with Gasteiger partial charge in [-0.05, 0) is 43.9 Å². The minimum Gasteiger partial charge on any atom is -0.223 e. The van der Waals surface area contributed by atoms with Crippen molar-refractivity contribution in [2.45, 2.75) is 56.1 Å². The van der Waals surface area contributed by atoms with E-state index in [0.29, 0.717) is 4.90 Å². The van der Waals surface area contributed by atoms with Gasteiger partial charge in [-0.15, -0.1) is 0 Å². The third kappa shape index (κ3) is 2.39. The number of hydrogen-bond acceptors (Lipinski definition) is 2. The summed E-state index contributed by atoms with van der Waals surface area (Å²) < 4.78 is 25.1. The number of rotatable bonds is 2. The van der Waals surface area contributed by atoms with Gasteiger partial charge in [0.2, 0.25) is 0 Å². The maximum absolute atomic E-state index is 12.6. The molecule has 1 aliphatic carbocycles. The molecule has 0 aliphatic heterocycles. The van der Waals surface area contributed by atoms with Crippen molar-refractivity contribution in [2.24, 2.45) is 0 Å². The van der Waals surface area contributed by atoms with Crippen LogP contribution in [0.4, 0.5) is 0 Å². The van der Waals surface area contributed by atoms with Gasteiger partial charge >= 0.3 is 0 Å². The van der Waals surface area contributed by atoms with Crippen molar-refractivity contribution >= 4 is 9.84 Å². The Balaban J connectivity index is 2.40. The van der Waals surface area contributed by atoms with Gasteiger partial charge in [0.1, 0.15) is 0 Å². The Kier molecular flexibility index (Phi) is 3.57. The minimum absolute atomic E-state index is 0.156. The van der Waals surface area contributed by atoms with E-state index in [1.165, 1.54) is 6.42 Å². The predicted octanol–water partition coefficient (Wildman–Crippen LogP) is 3.41. The van der Waals surface area contributed by atoms with Crippen LogP contribution in [0.1, 0.15) is 43.2 Å². The van der Waals surface area contributed by atoms with Crippen LogP contribution in [0.3, 0.4) is 0 Å². The summed E-state index contributed by atoms with van der Waals surface area (Å²) in [5, 5.41) is -0.156. The lowest BCUT2D eigenvalue weighted by Crippen LogP contribution is -2.24. The smallest absolute Gasteiger partial charge is 0.181 e. The molecule has 1 saturated carbocycles. The second-order valence-electron chi connectivity index (χ2n) is 5.00. The van der Waals surface area contributed by atoms with Crippen LogP contribution in [0.25, 0.3) is 0 Å². The lowest BCUT2D eigenvalue weighted by atomic mass is 10.0. The van der Waals surface area contributed by atoms with E-state index in [9.17, 15) is 8.42 Å². The Labute approximate surface area is 104 Å². The van der Waals surface area contributed by atoms with Crippen LogP contribution in [0.2, 0.25) is 0 Å². The predicted molar refractivity (Wildman–Crippen MR) is 70.0 cm³/mol. The van der Waals surface area contributed by atoms with Crippen molar-refractivity contribution in [3.8, 4) is 0 Å². The normalized spacial score (nSPS) is 18.2. The molecule has 1 aromatic carbocycles. The summed E-state index contributed by atoms with van der Waals surface area (Å²) in [4.78, 5) is 0.546. The molecular formula is C14H20O2S. The van der Waals surface area contributed by atoms with Gasteiger partial charge in [0.25, 0.3) is 0 Å². The molecule has 1 aliphatic rings. The molecule has 94 valence electrons. The van der Waals surface area contributed by atoms with Crippen molar-refractivity contribution in [3.05, 3.63) is 29.3 Å². The van der Waals surface area contributed by atoms with Crippen LogP contribution in [-0.2, 0) is 9.84 Å². The van der Waals surface area contributed by atoms with E-state index < -0.39 is 9.84 Å². The molecule has 3 heteroatoms. The van der Waals surface area contributed by atoms with Gasteiger partial charge in [-0.2, -0.15) is 0 Å². The van der Waals surface area contributed by atoms with Crippen LogP contribution in [0, 0.1) is 13.8 Å². The summed E-state index contributed by atoms with van der Waals surface area (Å²) in [7, 11) is -3.12. The maximum Gasteiger partial charge on any atom is 0.181 e. The Morgan fingerprint density at radius 3 is 2.35 bits per heavy atom. The third-order valence-corrected chi connectivity index (χ3v) is 6.26. The van der Waals surface area contributed by atoms with Gasteiger partial charge in [0.15, 0.2) is 9.84 Å². The zero-order valence-corrected chi connectivity index (χ0v) is 11.4. The second-order valence-corrected chi connectivity index (χ2v) is 7.20. The average Bonchev–Trinajstić information content (AvgIpc) is 2.33. The molecule has 0 aromatic heterocycles. The van der Waals surface area contributed by atoms with Crippen molar-refractivity contribution in [1.82, 2.24) is 0 Å². The maximum atomic E-state index is 12.6. The minimum atomic E-state index is -3.12. The molecule has 0 radical (unpaired) electrons. The fraction of sp³-hybridized carbons (Fsp3) is 0.571. The Bertz CT molecular complexity index is 497. The molecule has 0 unspecified atom stereocenters. The van der Waals surface area contributed by atoms with Gasteiger partial charge in [0, 0.05) is 0 Å². The largest absolute Gasteiger partial charge is 0.223 e. The summed E-state index contributed by atoms with van der Waals surface area (Å²) in [5.41, 5.74) is 1.97. The van der Waals surface area contributed by atoms with E-state index in [1.54, 1.807) is 6.07 Å². The first-order chi connectivity index (χ1) is 8.03. The number of sulfone groups is 1. The second kappa shape index (κ2) is 4.81. The lowest BCUT2D eigenvalue weighted by Gasteiger charge is -2.23. The van der Waals surface area contributed by atoms with E-state index in [4.69, 9.17) is 0 Å². The van der Waals surface area contributed by atoms with Crippen molar-refractivity contribution in [1.29, 1.82) is 0 Å². The fourth-order valence-corrected chi connectivity index (χ4v) is 4.76. The van der Waals surface area contributed by atoms with Gasteiger partial charge in [0.05, 0.1) is 10.1 Å². The highest BCUT2D eigenvalue weighted by Gasteiger charge is 2.30. The molecule has 0 amide bonds. The van der Waals surface area contributed by atoms with Crippen LogP contribution in [0.5, 0.6) is 0 Å². The molecule has 0 N–H and O–H groups in total. The number of aryl methyl sites for hydroxylation is 1. The molecule has 0 bridgehead atoms. The standard InChI is InChI=1S/C14H20O2S/c1-11-7-6-10-14(12(11)2)17(15,16)13-8-4-3-5-9-13/h6-7,10,13H,3-5,8-9H2,1-2H3. The summed E-state index contributed by atoms with van der Waals surface area (Å²) in [6, 6.07) is 5.57. The van der Waals surface area contributed by atoms with Crippen LogP contribution >= 0.6 is 0 Å². The molecular weight excluding hydrogens is 232 g/mol. The highest BCUT2D eigenvalue weighted by atomic mass is 32.2. The molecule has 17 heavy (non-hydrogen) atoms. The van der Waals surface area contributed by atoms with Gasteiger partial charge in [-0.1, -0.05) is 31.4 Å². The zero-order valence-electron chi connectivity index (χ0n) is 10.6. The monoisotopic (exact) mass is 252 g/mol. The van der Waals surface area contributed by atoms with Crippen molar-refractivity contribution < 1.29 is 8.42 Å². The van der Waals surface area contributed by atoms with Gasteiger partial charge < -0.3 is 0 Å². The van der Waals surface area contributed by atoms with E-state index in [0.717, 1.165) is 36.8 Å². The first-order valence-corrected chi connectivity index (χ1v) is 7.88. The van der Waals surface area contributed by atoms with Crippen LogP contribution in [0.15, 0.2) is 23.1 Å². The van der Waals surface area contributed by atoms with Crippen LogP contribution < -0.4 is 0 Å². The zero-order chi connectivity index (χ0) is 12.5. The van der Waals surface area contributed by atoms with Gasteiger partial charge in [-0.3, -0.25) is 0 Å². The molecule has 0 atom stereocenters. The van der Waals surface area contributed by atoms with Crippen molar-refractivity contribution in [2.75, 3.05) is 0 Å². The average molecular weight is 252 g/mol. The van der Waals surface area contributed by atoms with E-state index in [-0.39, 0.29) is 5.25 Å². The van der Waals surface area contributed by atoms with Crippen molar-refractivity contribution in [3.63, 3.8) is 0 Å². The molecule has 1 aromatic rings. The molecule has 0 saturated heterocycles. The third-order valence-electron chi connectivity index (χ3n) is 3.85. The summed E-state index contributed by atoms with van der Waals surface area (Å²) in [6.45, 7) is 3.88. The van der Waals surface area contributed by atoms with E-state index >= 15 is 0 Å². The summed E-state index contributed by atoms with van der Waals surface area (Å²) in [5.74, 6) is 0. The molecule has 2 nitrogen and oxygen atoms in total. The molecule has 1 fully saturated rings. The summed E-state index contributed by atoms with van der Waals surface area (Å²) >= 11 is 0.